The minimum Gasteiger partial charge on any atom is -0.373 e. The molecule has 0 saturated carbocycles. The highest BCUT2D eigenvalue weighted by Gasteiger charge is 2.29. The Morgan fingerprint density at radius 2 is 2.00 bits per heavy atom. The second-order valence-electron chi connectivity index (χ2n) is 8.43. The number of fused-ring (bicyclic) bond motifs is 1. The lowest BCUT2D eigenvalue weighted by Crippen LogP contribution is -2.20. The first kappa shape index (κ1) is 22.8. The first-order valence-corrected chi connectivity index (χ1v) is 11.4. The van der Waals surface area contributed by atoms with Crippen LogP contribution in [0.1, 0.15) is 47.6 Å². The highest BCUT2D eigenvalue weighted by Crippen LogP contribution is 2.38. The summed E-state index contributed by atoms with van der Waals surface area (Å²) in [5.41, 5.74) is 4.15. The van der Waals surface area contributed by atoms with E-state index in [0.29, 0.717) is 53.0 Å². The molecule has 0 radical (unpaired) electrons. The Hall–Kier alpha value is -3.01. The number of methoxy groups -OCH3 is 1. The predicted octanol–water partition coefficient (Wildman–Crippen LogP) is 4.93. The molecule has 0 bridgehead atoms. The van der Waals surface area contributed by atoms with E-state index in [0.717, 1.165) is 23.4 Å². The molecule has 4 heterocycles. The zero-order valence-electron chi connectivity index (χ0n) is 19.1. The van der Waals surface area contributed by atoms with Gasteiger partial charge in [-0.1, -0.05) is 11.6 Å². The van der Waals surface area contributed by atoms with E-state index in [1.54, 1.807) is 30.1 Å². The lowest BCUT2D eigenvalue weighted by atomic mass is 9.92. The van der Waals surface area contributed by atoms with Gasteiger partial charge >= 0.3 is 0 Å². The van der Waals surface area contributed by atoms with Gasteiger partial charge in [0.05, 0.1) is 23.7 Å². The Bertz CT molecular complexity index is 1360. The van der Waals surface area contributed by atoms with Crippen LogP contribution in [0.15, 0.2) is 30.6 Å². The SMILES string of the molecule is COCn1cc([C@@H]2C[C@@H](c3nc(-c4ccc(Cl)cc4F)c4nc(C)c(C)nc4n3)CCO2)cn1. The van der Waals surface area contributed by atoms with Crippen molar-refractivity contribution in [1.29, 1.82) is 0 Å². The van der Waals surface area contributed by atoms with Gasteiger partial charge in [0, 0.05) is 42.0 Å². The van der Waals surface area contributed by atoms with Crippen molar-refractivity contribution in [2.45, 2.75) is 45.4 Å². The molecule has 5 rings (SSSR count). The third kappa shape index (κ3) is 4.38. The van der Waals surface area contributed by atoms with Crippen molar-refractivity contribution in [3.63, 3.8) is 0 Å². The first-order valence-electron chi connectivity index (χ1n) is 11.0. The number of aryl methyl sites for hydroxylation is 2. The van der Waals surface area contributed by atoms with E-state index < -0.39 is 5.82 Å². The molecule has 4 aromatic rings. The van der Waals surface area contributed by atoms with Crippen LogP contribution in [0.4, 0.5) is 4.39 Å². The second-order valence-corrected chi connectivity index (χ2v) is 8.87. The third-order valence-corrected chi connectivity index (χ3v) is 6.32. The summed E-state index contributed by atoms with van der Waals surface area (Å²) in [4.78, 5) is 18.9. The summed E-state index contributed by atoms with van der Waals surface area (Å²) in [6.07, 6.45) is 4.98. The van der Waals surface area contributed by atoms with Crippen molar-refractivity contribution in [1.82, 2.24) is 29.7 Å². The number of aromatic nitrogens is 6. The van der Waals surface area contributed by atoms with E-state index in [-0.39, 0.29) is 12.0 Å². The lowest BCUT2D eigenvalue weighted by molar-refractivity contribution is 0.00384. The summed E-state index contributed by atoms with van der Waals surface area (Å²) in [5.74, 6) is 0.146. The maximum absolute atomic E-state index is 14.9. The Kier molecular flexibility index (Phi) is 6.24. The maximum Gasteiger partial charge on any atom is 0.182 e. The fourth-order valence-electron chi connectivity index (χ4n) is 4.19. The van der Waals surface area contributed by atoms with Crippen LogP contribution in [0.5, 0.6) is 0 Å². The van der Waals surface area contributed by atoms with E-state index in [4.69, 9.17) is 31.0 Å². The number of hydrogen-bond donors (Lipinski definition) is 0. The van der Waals surface area contributed by atoms with Crippen LogP contribution in [0.3, 0.4) is 0 Å². The van der Waals surface area contributed by atoms with Gasteiger partial charge in [0.1, 0.15) is 29.6 Å². The quantitative estimate of drug-likeness (QED) is 0.398. The minimum atomic E-state index is -0.464. The Balaban J connectivity index is 1.57. The van der Waals surface area contributed by atoms with Gasteiger partial charge in [-0.05, 0) is 44.9 Å². The van der Waals surface area contributed by atoms with Crippen LogP contribution >= 0.6 is 11.6 Å². The summed E-state index contributed by atoms with van der Waals surface area (Å²) >= 11 is 5.99. The zero-order chi connectivity index (χ0) is 23.8. The van der Waals surface area contributed by atoms with E-state index in [9.17, 15) is 4.39 Å². The van der Waals surface area contributed by atoms with E-state index in [1.807, 2.05) is 20.0 Å². The van der Waals surface area contributed by atoms with Gasteiger partial charge in [-0.2, -0.15) is 5.10 Å². The summed E-state index contributed by atoms with van der Waals surface area (Å²) in [6.45, 7) is 4.67. The van der Waals surface area contributed by atoms with Gasteiger partial charge < -0.3 is 9.47 Å². The number of benzene rings is 1. The molecular formula is C24H24ClFN6O2. The third-order valence-electron chi connectivity index (χ3n) is 6.08. The molecule has 176 valence electrons. The number of halogens is 2. The fraction of sp³-hybridized carbons (Fsp3) is 0.375. The monoisotopic (exact) mass is 482 g/mol. The Morgan fingerprint density at radius 1 is 1.18 bits per heavy atom. The number of rotatable bonds is 5. The van der Waals surface area contributed by atoms with Crippen LogP contribution < -0.4 is 0 Å². The number of hydrogen-bond acceptors (Lipinski definition) is 7. The van der Waals surface area contributed by atoms with Crippen LogP contribution in [0.25, 0.3) is 22.4 Å². The molecule has 0 N–H and O–H groups in total. The van der Waals surface area contributed by atoms with Gasteiger partial charge in [-0.3, -0.25) is 0 Å². The molecule has 34 heavy (non-hydrogen) atoms. The summed E-state index contributed by atoms with van der Waals surface area (Å²) in [5, 5.41) is 4.64. The summed E-state index contributed by atoms with van der Waals surface area (Å²) < 4.78 is 27.8. The van der Waals surface area contributed by atoms with Crippen molar-refractivity contribution in [2.75, 3.05) is 13.7 Å². The number of ether oxygens (including phenoxy) is 2. The lowest BCUT2D eigenvalue weighted by Gasteiger charge is -2.28. The van der Waals surface area contributed by atoms with Crippen molar-refractivity contribution in [3.05, 3.63) is 64.2 Å². The molecule has 1 aromatic carbocycles. The summed E-state index contributed by atoms with van der Waals surface area (Å²) in [7, 11) is 1.62. The molecule has 8 nitrogen and oxygen atoms in total. The standard InChI is InChI=1S/C24H24ClFN6O2/c1-13-14(2)29-24-22(28-13)21(18-5-4-17(25)9-19(18)26)30-23(31-24)15-6-7-34-20(8-15)16-10-27-32(11-16)12-33-3/h4-5,9-11,15,20H,6-8,12H2,1-3H3/t15-,20-/m0/s1. The molecule has 1 fully saturated rings. The predicted molar refractivity (Wildman–Crippen MR) is 125 cm³/mol. The highest BCUT2D eigenvalue weighted by molar-refractivity contribution is 6.30. The van der Waals surface area contributed by atoms with Crippen LogP contribution in [-0.4, -0.2) is 43.4 Å². The molecular weight excluding hydrogens is 459 g/mol. The molecule has 2 atom stereocenters. The molecule has 3 aromatic heterocycles. The number of nitrogens with zero attached hydrogens (tertiary/aromatic N) is 6. The topological polar surface area (TPSA) is 87.8 Å². The largest absolute Gasteiger partial charge is 0.373 e. The van der Waals surface area contributed by atoms with Crippen molar-refractivity contribution in [2.24, 2.45) is 0 Å². The highest BCUT2D eigenvalue weighted by atomic mass is 35.5. The van der Waals surface area contributed by atoms with Gasteiger partial charge in [-0.15, -0.1) is 0 Å². The van der Waals surface area contributed by atoms with E-state index >= 15 is 0 Å². The average Bonchev–Trinajstić information content (AvgIpc) is 3.29. The zero-order valence-corrected chi connectivity index (χ0v) is 19.9. The molecule has 0 amide bonds. The van der Waals surface area contributed by atoms with Crippen LogP contribution in [0, 0.1) is 19.7 Å². The Morgan fingerprint density at radius 3 is 2.79 bits per heavy atom. The average molecular weight is 483 g/mol. The van der Waals surface area contributed by atoms with Crippen molar-refractivity contribution >= 4 is 22.8 Å². The minimum absolute atomic E-state index is 0.00597. The van der Waals surface area contributed by atoms with Gasteiger partial charge in [0.25, 0.3) is 0 Å². The first-order chi connectivity index (χ1) is 16.4. The van der Waals surface area contributed by atoms with Gasteiger partial charge in [0.2, 0.25) is 0 Å². The van der Waals surface area contributed by atoms with Crippen molar-refractivity contribution < 1.29 is 13.9 Å². The van der Waals surface area contributed by atoms with Crippen LogP contribution in [0.2, 0.25) is 5.02 Å². The van der Waals surface area contributed by atoms with Crippen LogP contribution in [-0.2, 0) is 16.2 Å². The molecule has 0 spiro atoms. The van der Waals surface area contributed by atoms with Gasteiger partial charge in [-0.25, -0.2) is 29.0 Å². The smallest absolute Gasteiger partial charge is 0.182 e. The maximum atomic E-state index is 14.9. The van der Waals surface area contributed by atoms with Gasteiger partial charge in [0.15, 0.2) is 5.65 Å². The second kappa shape index (κ2) is 9.32. The fourth-order valence-corrected chi connectivity index (χ4v) is 4.35. The molecule has 1 saturated heterocycles. The van der Waals surface area contributed by atoms with E-state index in [2.05, 4.69) is 15.1 Å². The van der Waals surface area contributed by atoms with Crippen molar-refractivity contribution in [3.8, 4) is 11.3 Å². The Labute approximate surface area is 201 Å². The summed E-state index contributed by atoms with van der Waals surface area (Å²) in [6, 6.07) is 4.54. The molecule has 0 aliphatic carbocycles. The molecule has 1 aliphatic rings. The normalized spacial score (nSPS) is 18.5. The van der Waals surface area contributed by atoms with E-state index in [1.165, 1.54) is 6.07 Å². The molecule has 10 heteroatoms. The molecule has 1 aliphatic heterocycles. The molecule has 0 unspecified atom stereocenters.